The summed E-state index contributed by atoms with van der Waals surface area (Å²) < 4.78 is 9.40. The molecule has 0 aliphatic heterocycles. The highest BCUT2D eigenvalue weighted by Crippen LogP contribution is 2.11. The monoisotopic (exact) mass is 320 g/mol. The molecule has 0 aromatic heterocycles. The molecule has 7 heteroatoms. The van der Waals surface area contributed by atoms with E-state index in [0.717, 1.165) is 0 Å². The molecule has 2 N–H and O–H groups in total. The number of hydrogen-bond donors (Lipinski definition) is 2. The van der Waals surface area contributed by atoms with Gasteiger partial charge in [0.05, 0.1) is 19.3 Å². The van der Waals surface area contributed by atoms with E-state index in [0.29, 0.717) is 24.4 Å². The molecule has 0 unspecified atom stereocenters. The molecule has 0 saturated heterocycles. The fraction of sp³-hybridized carbons (Fsp3) is 0.312. The summed E-state index contributed by atoms with van der Waals surface area (Å²) in [6.07, 6.45) is 1.22. The molecule has 124 valence electrons. The van der Waals surface area contributed by atoms with Crippen LogP contribution in [0.5, 0.6) is 0 Å². The van der Waals surface area contributed by atoms with Crippen molar-refractivity contribution in [2.45, 2.75) is 6.92 Å². The Morgan fingerprint density at radius 2 is 1.78 bits per heavy atom. The Morgan fingerprint density at radius 1 is 1.13 bits per heavy atom. The van der Waals surface area contributed by atoms with E-state index < -0.39 is 11.9 Å². The summed E-state index contributed by atoms with van der Waals surface area (Å²) in [7, 11) is 2.83. The molecule has 1 rings (SSSR count). The average molecular weight is 320 g/mol. The van der Waals surface area contributed by atoms with Gasteiger partial charge in [-0.15, -0.1) is 0 Å². The lowest BCUT2D eigenvalue weighted by Crippen LogP contribution is -2.26. The van der Waals surface area contributed by atoms with Crippen molar-refractivity contribution >= 4 is 23.5 Å². The van der Waals surface area contributed by atoms with Gasteiger partial charge in [-0.1, -0.05) is 0 Å². The number of rotatable bonds is 7. The fourth-order valence-electron chi connectivity index (χ4n) is 1.63. The van der Waals surface area contributed by atoms with E-state index in [9.17, 15) is 14.4 Å². The molecule has 0 atom stereocenters. The van der Waals surface area contributed by atoms with Crippen molar-refractivity contribution in [2.24, 2.45) is 0 Å². The molecule has 0 aliphatic carbocycles. The normalized spacial score (nSPS) is 10.8. The Kier molecular flexibility index (Phi) is 7.49. The van der Waals surface area contributed by atoms with E-state index in [-0.39, 0.29) is 11.5 Å². The Labute approximate surface area is 134 Å². The van der Waals surface area contributed by atoms with E-state index in [1.54, 1.807) is 12.1 Å². The Bertz CT molecular complexity index is 593. The first-order valence-corrected chi connectivity index (χ1v) is 6.92. The molecule has 1 aromatic carbocycles. The SMILES string of the molecule is COCCNC(=O)/C=C(\C)C(=O)Nc1ccc(C(=O)OC)cc1. The smallest absolute Gasteiger partial charge is 0.337 e. The van der Waals surface area contributed by atoms with Crippen molar-refractivity contribution in [3.05, 3.63) is 41.5 Å². The maximum atomic E-state index is 12.0. The Hall–Kier alpha value is -2.67. The number of amides is 2. The summed E-state index contributed by atoms with van der Waals surface area (Å²) >= 11 is 0. The van der Waals surface area contributed by atoms with Crippen LogP contribution in [0, 0.1) is 0 Å². The highest BCUT2D eigenvalue weighted by atomic mass is 16.5. The third kappa shape index (κ3) is 6.31. The minimum absolute atomic E-state index is 0.261. The number of carbonyl (C=O) groups excluding carboxylic acids is 3. The van der Waals surface area contributed by atoms with Crippen molar-refractivity contribution in [2.75, 3.05) is 32.7 Å². The molecule has 2 amide bonds. The summed E-state index contributed by atoms with van der Waals surface area (Å²) in [5, 5.41) is 5.22. The molecule has 0 radical (unpaired) electrons. The molecule has 0 fully saturated rings. The van der Waals surface area contributed by atoms with Crippen LogP contribution in [0.3, 0.4) is 0 Å². The Morgan fingerprint density at radius 3 is 2.35 bits per heavy atom. The molecular formula is C16H20N2O5. The van der Waals surface area contributed by atoms with Gasteiger partial charge in [-0.2, -0.15) is 0 Å². The molecular weight excluding hydrogens is 300 g/mol. The predicted octanol–water partition coefficient (Wildman–Crippen LogP) is 1.12. The number of carbonyl (C=O) groups is 3. The second-order valence-corrected chi connectivity index (χ2v) is 4.63. The quantitative estimate of drug-likeness (QED) is 0.446. The molecule has 1 aromatic rings. The molecule has 7 nitrogen and oxygen atoms in total. The van der Waals surface area contributed by atoms with E-state index in [1.807, 2.05) is 0 Å². The molecule has 23 heavy (non-hydrogen) atoms. The second-order valence-electron chi connectivity index (χ2n) is 4.63. The molecule has 0 bridgehead atoms. The first-order chi connectivity index (χ1) is 11.0. The fourth-order valence-corrected chi connectivity index (χ4v) is 1.63. The lowest BCUT2D eigenvalue weighted by molar-refractivity contribution is -0.117. The largest absolute Gasteiger partial charge is 0.465 e. The minimum atomic E-state index is -0.452. The van der Waals surface area contributed by atoms with E-state index >= 15 is 0 Å². The number of nitrogens with one attached hydrogen (secondary N) is 2. The molecule has 0 heterocycles. The van der Waals surface area contributed by atoms with Crippen LogP contribution in [0.4, 0.5) is 5.69 Å². The van der Waals surface area contributed by atoms with Gasteiger partial charge in [-0.05, 0) is 31.2 Å². The van der Waals surface area contributed by atoms with Crippen molar-refractivity contribution < 1.29 is 23.9 Å². The zero-order chi connectivity index (χ0) is 17.2. The van der Waals surface area contributed by atoms with Crippen molar-refractivity contribution in [1.29, 1.82) is 0 Å². The average Bonchev–Trinajstić information content (AvgIpc) is 2.55. The maximum absolute atomic E-state index is 12.0. The summed E-state index contributed by atoms with van der Waals surface area (Å²) in [6, 6.07) is 6.24. The number of anilines is 1. The van der Waals surface area contributed by atoms with Crippen LogP contribution >= 0.6 is 0 Å². The van der Waals surface area contributed by atoms with Crippen LogP contribution < -0.4 is 10.6 Å². The predicted molar refractivity (Wildman–Crippen MR) is 85.1 cm³/mol. The van der Waals surface area contributed by atoms with Crippen LogP contribution in [-0.4, -0.2) is 45.2 Å². The summed E-state index contributed by atoms with van der Waals surface area (Å²) in [5.74, 6) is -1.22. The van der Waals surface area contributed by atoms with Crippen LogP contribution in [0.25, 0.3) is 0 Å². The van der Waals surface area contributed by atoms with Gasteiger partial charge < -0.3 is 20.1 Å². The third-order valence-corrected chi connectivity index (χ3v) is 2.88. The number of ether oxygens (including phenoxy) is 2. The first-order valence-electron chi connectivity index (χ1n) is 6.92. The van der Waals surface area contributed by atoms with Gasteiger partial charge >= 0.3 is 5.97 Å². The highest BCUT2D eigenvalue weighted by molar-refractivity contribution is 6.07. The number of methoxy groups -OCH3 is 2. The van der Waals surface area contributed by atoms with E-state index in [4.69, 9.17) is 4.74 Å². The van der Waals surface area contributed by atoms with E-state index in [1.165, 1.54) is 39.4 Å². The Balaban J connectivity index is 2.60. The summed E-state index contributed by atoms with van der Waals surface area (Å²) in [4.78, 5) is 34.9. The highest BCUT2D eigenvalue weighted by Gasteiger charge is 2.09. The first kappa shape index (κ1) is 18.4. The van der Waals surface area contributed by atoms with Gasteiger partial charge in [0.2, 0.25) is 5.91 Å². The zero-order valence-electron chi connectivity index (χ0n) is 13.3. The van der Waals surface area contributed by atoms with Crippen LogP contribution in [0.2, 0.25) is 0 Å². The van der Waals surface area contributed by atoms with E-state index in [2.05, 4.69) is 15.4 Å². The van der Waals surface area contributed by atoms with Crippen LogP contribution in [0.15, 0.2) is 35.9 Å². The van der Waals surface area contributed by atoms with Gasteiger partial charge in [0.1, 0.15) is 0 Å². The zero-order valence-corrected chi connectivity index (χ0v) is 13.3. The van der Waals surface area contributed by atoms with Gasteiger partial charge in [0.25, 0.3) is 5.91 Å². The minimum Gasteiger partial charge on any atom is -0.465 e. The lowest BCUT2D eigenvalue weighted by Gasteiger charge is -2.07. The molecule has 0 spiro atoms. The third-order valence-electron chi connectivity index (χ3n) is 2.88. The van der Waals surface area contributed by atoms with Crippen LogP contribution in [-0.2, 0) is 19.1 Å². The lowest BCUT2D eigenvalue weighted by atomic mass is 10.2. The van der Waals surface area contributed by atoms with Crippen LogP contribution in [0.1, 0.15) is 17.3 Å². The van der Waals surface area contributed by atoms with Gasteiger partial charge in [0, 0.05) is 31.0 Å². The van der Waals surface area contributed by atoms with Gasteiger partial charge in [0.15, 0.2) is 0 Å². The van der Waals surface area contributed by atoms with Gasteiger partial charge in [-0.25, -0.2) is 4.79 Å². The molecule has 0 saturated carbocycles. The maximum Gasteiger partial charge on any atom is 0.337 e. The van der Waals surface area contributed by atoms with Crippen molar-refractivity contribution in [3.63, 3.8) is 0 Å². The van der Waals surface area contributed by atoms with Crippen molar-refractivity contribution in [3.8, 4) is 0 Å². The second kappa shape index (κ2) is 9.37. The van der Waals surface area contributed by atoms with Crippen molar-refractivity contribution in [1.82, 2.24) is 5.32 Å². The van der Waals surface area contributed by atoms with Gasteiger partial charge in [-0.3, -0.25) is 9.59 Å². The standard InChI is InChI=1S/C16H20N2O5/c1-11(10-14(19)17-8-9-22-2)15(20)18-13-6-4-12(5-7-13)16(21)23-3/h4-7,10H,8-9H2,1-3H3,(H,17,19)(H,18,20)/b11-10+. The summed E-state index contributed by atoms with van der Waals surface area (Å²) in [6.45, 7) is 2.31. The topological polar surface area (TPSA) is 93.7 Å². The molecule has 0 aliphatic rings. The summed E-state index contributed by atoms with van der Waals surface area (Å²) in [5.41, 5.74) is 1.16. The number of esters is 1. The number of hydrogen-bond acceptors (Lipinski definition) is 5. The number of benzene rings is 1.